The molecule has 3 rings (SSSR count). The SMILES string of the molecule is CCCCc1cn(-c2ccc(NC(=O)Nc3ccccc3)cn2)nn1. The third-order valence-electron chi connectivity index (χ3n) is 3.60. The number of hydrogen-bond acceptors (Lipinski definition) is 4. The van der Waals surface area contributed by atoms with Crippen molar-refractivity contribution in [2.75, 3.05) is 10.6 Å². The molecule has 1 aromatic carbocycles. The number of hydrogen-bond donors (Lipinski definition) is 2. The van der Waals surface area contributed by atoms with Crippen molar-refractivity contribution in [3.05, 3.63) is 60.6 Å². The minimum atomic E-state index is -0.316. The summed E-state index contributed by atoms with van der Waals surface area (Å²) < 4.78 is 1.64. The van der Waals surface area contributed by atoms with Gasteiger partial charge in [-0.05, 0) is 37.1 Å². The molecule has 2 amide bonds. The van der Waals surface area contributed by atoms with Gasteiger partial charge >= 0.3 is 6.03 Å². The molecule has 0 unspecified atom stereocenters. The number of carbonyl (C=O) groups is 1. The number of pyridine rings is 1. The van der Waals surface area contributed by atoms with Gasteiger partial charge in [0.05, 0.1) is 23.8 Å². The molecule has 7 heteroatoms. The highest BCUT2D eigenvalue weighted by molar-refractivity contribution is 5.99. The predicted molar refractivity (Wildman–Crippen MR) is 96.8 cm³/mol. The predicted octanol–water partition coefficient (Wildman–Crippen LogP) is 3.65. The van der Waals surface area contributed by atoms with Crippen LogP contribution in [0.25, 0.3) is 5.82 Å². The average molecular weight is 336 g/mol. The van der Waals surface area contributed by atoms with E-state index in [1.54, 1.807) is 23.0 Å². The molecule has 0 aliphatic rings. The quantitative estimate of drug-likeness (QED) is 0.719. The molecule has 0 spiro atoms. The summed E-state index contributed by atoms with van der Waals surface area (Å²) in [5.74, 6) is 0.657. The molecule has 128 valence electrons. The Bertz CT molecular complexity index is 813. The maximum atomic E-state index is 12.0. The molecule has 0 aliphatic carbocycles. The summed E-state index contributed by atoms with van der Waals surface area (Å²) in [6, 6.07) is 12.5. The first-order valence-corrected chi connectivity index (χ1v) is 8.25. The Hall–Kier alpha value is -3.22. The van der Waals surface area contributed by atoms with E-state index < -0.39 is 0 Å². The average Bonchev–Trinajstić information content (AvgIpc) is 3.10. The first kappa shape index (κ1) is 16.6. The lowest BCUT2D eigenvalue weighted by Crippen LogP contribution is -2.19. The third-order valence-corrected chi connectivity index (χ3v) is 3.60. The number of aryl methyl sites for hydroxylation is 1. The molecule has 0 aliphatic heterocycles. The van der Waals surface area contributed by atoms with E-state index in [2.05, 4.69) is 32.9 Å². The van der Waals surface area contributed by atoms with Crippen LogP contribution in [0.5, 0.6) is 0 Å². The minimum Gasteiger partial charge on any atom is -0.308 e. The van der Waals surface area contributed by atoms with Crippen molar-refractivity contribution in [2.24, 2.45) is 0 Å². The second kappa shape index (κ2) is 8.05. The standard InChI is InChI=1S/C18H20N6O/c1-2-3-7-16-13-24(23-22-16)17-11-10-15(12-19-17)21-18(25)20-14-8-5-4-6-9-14/h4-6,8-13H,2-3,7H2,1H3,(H2,20,21,25). The van der Waals surface area contributed by atoms with Crippen LogP contribution in [-0.2, 0) is 6.42 Å². The monoisotopic (exact) mass is 336 g/mol. The molecule has 25 heavy (non-hydrogen) atoms. The van der Waals surface area contributed by atoms with E-state index in [0.29, 0.717) is 11.5 Å². The molecule has 0 saturated heterocycles. The second-order valence-corrected chi connectivity index (χ2v) is 5.61. The molecular weight excluding hydrogens is 316 g/mol. The molecule has 0 atom stereocenters. The van der Waals surface area contributed by atoms with Crippen LogP contribution in [0.2, 0.25) is 0 Å². The van der Waals surface area contributed by atoms with Gasteiger partial charge in [0.15, 0.2) is 5.82 Å². The van der Waals surface area contributed by atoms with E-state index in [1.165, 1.54) is 0 Å². The van der Waals surface area contributed by atoms with Crippen molar-refractivity contribution in [1.29, 1.82) is 0 Å². The Morgan fingerprint density at radius 3 is 2.60 bits per heavy atom. The van der Waals surface area contributed by atoms with Crippen molar-refractivity contribution >= 4 is 17.4 Å². The van der Waals surface area contributed by atoms with Crippen LogP contribution in [-0.4, -0.2) is 26.0 Å². The van der Waals surface area contributed by atoms with Gasteiger partial charge in [0, 0.05) is 5.69 Å². The molecule has 2 aromatic heterocycles. The van der Waals surface area contributed by atoms with Crippen molar-refractivity contribution in [1.82, 2.24) is 20.0 Å². The van der Waals surface area contributed by atoms with Gasteiger partial charge in [-0.1, -0.05) is 36.8 Å². The number of para-hydroxylation sites is 1. The summed E-state index contributed by atoms with van der Waals surface area (Å²) in [6.45, 7) is 2.14. The number of rotatable bonds is 6. The lowest BCUT2D eigenvalue weighted by Gasteiger charge is -2.07. The van der Waals surface area contributed by atoms with Gasteiger partial charge in [-0.15, -0.1) is 5.10 Å². The summed E-state index contributed by atoms with van der Waals surface area (Å²) in [7, 11) is 0. The number of carbonyl (C=O) groups excluding carboxylic acids is 1. The summed E-state index contributed by atoms with van der Waals surface area (Å²) in [4.78, 5) is 16.3. The van der Waals surface area contributed by atoms with Gasteiger partial charge in [0.2, 0.25) is 0 Å². The Morgan fingerprint density at radius 2 is 1.88 bits per heavy atom. The van der Waals surface area contributed by atoms with Crippen molar-refractivity contribution in [2.45, 2.75) is 26.2 Å². The molecular formula is C18H20N6O. The fraction of sp³-hybridized carbons (Fsp3) is 0.222. The first-order chi connectivity index (χ1) is 12.2. The van der Waals surface area contributed by atoms with E-state index in [0.717, 1.165) is 30.6 Å². The lowest BCUT2D eigenvalue weighted by atomic mass is 10.2. The summed E-state index contributed by atoms with van der Waals surface area (Å²) in [6.07, 6.45) is 6.60. The van der Waals surface area contributed by atoms with E-state index in [4.69, 9.17) is 0 Å². The summed E-state index contributed by atoms with van der Waals surface area (Å²) in [5.41, 5.74) is 2.28. The lowest BCUT2D eigenvalue weighted by molar-refractivity contribution is 0.262. The van der Waals surface area contributed by atoms with E-state index >= 15 is 0 Å². The van der Waals surface area contributed by atoms with Crippen molar-refractivity contribution in [3.63, 3.8) is 0 Å². The van der Waals surface area contributed by atoms with E-state index in [1.807, 2.05) is 36.5 Å². The maximum Gasteiger partial charge on any atom is 0.323 e. The van der Waals surface area contributed by atoms with E-state index in [-0.39, 0.29) is 6.03 Å². The Kier molecular flexibility index (Phi) is 5.36. The zero-order chi connectivity index (χ0) is 17.5. The molecule has 2 heterocycles. The minimum absolute atomic E-state index is 0.316. The topological polar surface area (TPSA) is 84.7 Å². The smallest absolute Gasteiger partial charge is 0.308 e. The fourth-order valence-corrected chi connectivity index (χ4v) is 2.29. The molecule has 0 bridgehead atoms. The van der Waals surface area contributed by atoms with Crippen LogP contribution in [0.3, 0.4) is 0 Å². The van der Waals surface area contributed by atoms with Gasteiger partial charge in [-0.3, -0.25) is 0 Å². The molecule has 0 saturated carbocycles. The molecule has 7 nitrogen and oxygen atoms in total. The highest BCUT2D eigenvalue weighted by Gasteiger charge is 2.06. The van der Waals surface area contributed by atoms with Gasteiger partial charge in [-0.2, -0.15) is 0 Å². The molecule has 0 radical (unpaired) electrons. The number of nitrogens with zero attached hydrogens (tertiary/aromatic N) is 4. The molecule has 2 N–H and O–H groups in total. The number of amides is 2. The van der Waals surface area contributed by atoms with Gasteiger partial charge in [0.25, 0.3) is 0 Å². The maximum absolute atomic E-state index is 12.0. The van der Waals surface area contributed by atoms with Crippen LogP contribution in [0.4, 0.5) is 16.2 Å². The zero-order valence-electron chi connectivity index (χ0n) is 14.0. The highest BCUT2D eigenvalue weighted by Crippen LogP contribution is 2.11. The number of unbranched alkanes of at least 4 members (excludes halogenated alkanes) is 1. The Balaban J connectivity index is 1.60. The van der Waals surface area contributed by atoms with Crippen LogP contribution in [0, 0.1) is 0 Å². The number of urea groups is 1. The van der Waals surface area contributed by atoms with Crippen LogP contribution in [0.1, 0.15) is 25.5 Å². The molecule has 0 fully saturated rings. The summed E-state index contributed by atoms with van der Waals surface area (Å²) >= 11 is 0. The largest absolute Gasteiger partial charge is 0.323 e. The number of benzene rings is 1. The normalized spacial score (nSPS) is 10.4. The number of anilines is 2. The van der Waals surface area contributed by atoms with E-state index in [9.17, 15) is 4.79 Å². The van der Waals surface area contributed by atoms with Gasteiger partial charge in [-0.25, -0.2) is 14.5 Å². The van der Waals surface area contributed by atoms with Gasteiger partial charge < -0.3 is 10.6 Å². The van der Waals surface area contributed by atoms with Crippen LogP contribution in [0.15, 0.2) is 54.9 Å². The van der Waals surface area contributed by atoms with Gasteiger partial charge in [0.1, 0.15) is 0 Å². The van der Waals surface area contributed by atoms with Crippen LogP contribution >= 0.6 is 0 Å². The Labute approximate surface area is 146 Å². The van der Waals surface area contributed by atoms with Crippen molar-refractivity contribution < 1.29 is 4.79 Å². The zero-order valence-corrected chi connectivity index (χ0v) is 14.0. The highest BCUT2D eigenvalue weighted by atomic mass is 16.2. The number of nitrogens with one attached hydrogen (secondary N) is 2. The molecule has 3 aromatic rings. The first-order valence-electron chi connectivity index (χ1n) is 8.25. The third kappa shape index (κ3) is 4.63. The van der Waals surface area contributed by atoms with Crippen molar-refractivity contribution in [3.8, 4) is 5.82 Å². The fourth-order valence-electron chi connectivity index (χ4n) is 2.29. The summed E-state index contributed by atoms with van der Waals surface area (Å²) in [5, 5.41) is 13.7. The Morgan fingerprint density at radius 1 is 1.08 bits per heavy atom. The second-order valence-electron chi connectivity index (χ2n) is 5.61. The van der Waals surface area contributed by atoms with Crippen LogP contribution < -0.4 is 10.6 Å². The number of aromatic nitrogens is 4.